The SMILES string of the molecule is CC(C)(C)c1ccccc1CCc1ccccc1C(C)(C)C. The molecule has 0 nitrogen and oxygen atoms in total. The van der Waals surface area contributed by atoms with Crippen LogP contribution in [0.4, 0.5) is 0 Å². The van der Waals surface area contributed by atoms with E-state index in [-0.39, 0.29) is 10.8 Å². The van der Waals surface area contributed by atoms with Crippen molar-refractivity contribution in [1.82, 2.24) is 0 Å². The molecule has 2 rings (SSSR count). The fourth-order valence-corrected chi connectivity index (χ4v) is 3.21. The van der Waals surface area contributed by atoms with Gasteiger partial charge in [0.05, 0.1) is 0 Å². The molecule has 0 bridgehead atoms. The lowest BCUT2D eigenvalue weighted by molar-refractivity contribution is 0.575. The molecule has 118 valence electrons. The summed E-state index contributed by atoms with van der Waals surface area (Å²) in [6.45, 7) is 13.8. The molecule has 0 fully saturated rings. The highest BCUT2D eigenvalue weighted by atomic mass is 14.2. The molecule has 0 heterocycles. The Morgan fingerprint density at radius 2 is 0.864 bits per heavy atom. The van der Waals surface area contributed by atoms with Crippen molar-refractivity contribution in [3.05, 3.63) is 70.8 Å². The van der Waals surface area contributed by atoms with Gasteiger partial charge >= 0.3 is 0 Å². The Morgan fingerprint density at radius 3 is 1.18 bits per heavy atom. The van der Waals surface area contributed by atoms with Crippen LogP contribution in [0.25, 0.3) is 0 Å². The molecule has 0 atom stereocenters. The van der Waals surface area contributed by atoms with Crippen LogP contribution >= 0.6 is 0 Å². The Kier molecular flexibility index (Phi) is 4.80. The number of hydrogen-bond donors (Lipinski definition) is 0. The van der Waals surface area contributed by atoms with Crippen LogP contribution in [0.5, 0.6) is 0 Å². The quantitative estimate of drug-likeness (QED) is 0.644. The van der Waals surface area contributed by atoms with E-state index in [1.54, 1.807) is 0 Å². The molecule has 0 radical (unpaired) electrons. The van der Waals surface area contributed by atoms with Gasteiger partial charge in [0.15, 0.2) is 0 Å². The second-order valence-corrected chi connectivity index (χ2v) is 8.31. The second kappa shape index (κ2) is 6.28. The molecule has 0 aromatic heterocycles. The monoisotopic (exact) mass is 294 g/mol. The van der Waals surface area contributed by atoms with Crippen LogP contribution in [-0.2, 0) is 23.7 Å². The Balaban J connectivity index is 2.26. The number of aryl methyl sites for hydroxylation is 2. The van der Waals surface area contributed by atoms with Gasteiger partial charge in [-0.15, -0.1) is 0 Å². The van der Waals surface area contributed by atoms with Crippen LogP contribution in [0, 0.1) is 0 Å². The normalized spacial score (nSPS) is 12.5. The molecule has 0 spiro atoms. The molecule has 22 heavy (non-hydrogen) atoms. The maximum atomic E-state index is 2.30. The van der Waals surface area contributed by atoms with Crippen molar-refractivity contribution in [3.8, 4) is 0 Å². The third-order valence-corrected chi connectivity index (χ3v) is 4.31. The molecule has 2 aromatic carbocycles. The molecule has 0 aliphatic carbocycles. The van der Waals surface area contributed by atoms with Gasteiger partial charge < -0.3 is 0 Å². The van der Waals surface area contributed by atoms with Gasteiger partial charge in [-0.3, -0.25) is 0 Å². The summed E-state index contributed by atoms with van der Waals surface area (Å²) in [4.78, 5) is 0. The molecule has 0 saturated carbocycles. The molecule has 0 heteroatoms. The third kappa shape index (κ3) is 4.00. The van der Waals surface area contributed by atoms with Crippen LogP contribution in [0.2, 0.25) is 0 Å². The topological polar surface area (TPSA) is 0 Å². The Bertz CT molecular complexity index is 563. The van der Waals surface area contributed by atoms with Gasteiger partial charge in [0.25, 0.3) is 0 Å². The molecular weight excluding hydrogens is 264 g/mol. The Morgan fingerprint density at radius 1 is 0.545 bits per heavy atom. The van der Waals surface area contributed by atoms with Crippen LogP contribution < -0.4 is 0 Å². The second-order valence-electron chi connectivity index (χ2n) is 8.31. The van der Waals surface area contributed by atoms with E-state index in [1.807, 2.05) is 0 Å². The maximum absolute atomic E-state index is 2.30. The van der Waals surface area contributed by atoms with Crippen LogP contribution in [0.15, 0.2) is 48.5 Å². The minimum absolute atomic E-state index is 0.208. The summed E-state index contributed by atoms with van der Waals surface area (Å²) in [6.07, 6.45) is 2.22. The summed E-state index contributed by atoms with van der Waals surface area (Å²) in [6, 6.07) is 17.8. The average Bonchev–Trinajstić information content (AvgIpc) is 2.44. The molecule has 0 aliphatic rings. The molecule has 2 aromatic rings. The lowest BCUT2D eigenvalue weighted by atomic mass is 9.80. The first kappa shape index (κ1) is 16.8. The van der Waals surface area contributed by atoms with Crippen molar-refractivity contribution in [2.45, 2.75) is 65.2 Å². The number of benzene rings is 2. The summed E-state index contributed by atoms with van der Waals surface area (Å²) < 4.78 is 0. The lowest BCUT2D eigenvalue weighted by Gasteiger charge is -2.25. The lowest BCUT2D eigenvalue weighted by Crippen LogP contribution is -2.16. The van der Waals surface area contributed by atoms with E-state index in [9.17, 15) is 0 Å². The fraction of sp³-hybridized carbons (Fsp3) is 0.455. The molecule has 0 unspecified atom stereocenters. The summed E-state index contributed by atoms with van der Waals surface area (Å²) in [7, 11) is 0. The van der Waals surface area contributed by atoms with E-state index in [0.29, 0.717) is 0 Å². The molecule has 0 aliphatic heterocycles. The van der Waals surface area contributed by atoms with Crippen molar-refractivity contribution in [2.75, 3.05) is 0 Å². The van der Waals surface area contributed by atoms with Crippen molar-refractivity contribution < 1.29 is 0 Å². The predicted molar refractivity (Wildman–Crippen MR) is 97.7 cm³/mol. The minimum atomic E-state index is 0.208. The molecular formula is C22H30. The molecule has 0 amide bonds. The van der Waals surface area contributed by atoms with E-state index in [1.165, 1.54) is 22.3 Å². The summed E-state index contributed by atoms with van der Waals surface area (Å²) >= 11 is 0. The van der Waals surface area contributed by atoms with Crippen molar-refractivity contribution in [1.29, 1.82) is 0 Å². The van der Waals surface area contributed by atoms with Gasteiger partial charge in [-0.1, -0.05) is 90.1 Å². The molecule has 0 saturated heterocycles. The largest absolute Gasteiger partial charge is 0.0620 e. The first-order chi connectivity index (χ1) is 10.2. The van der Waals surface area contributed by atoms with Crippen molar-refractivity contribution in [3.63, 3.8) is 0 Å². The first-order valence-electron chi connectivity index (χ1n) is 8.36. The van der Waals surface area contributed by atoms with Gasteiger partial charge in [0.1, 0.15) is 0 Å². The van der Waals surface area contributed by atoms with E-state index < -0.39 is 0 Å². The van der Waals surface area contributed by atoms with E-state index in [2.05, 4.69) is 90.1 Å². The van der Waals surface area contributed by atoms with E-state index in [0.717, 1.165) is 12.8 Å². The van der Waals surface area contributed by atoms with Gasteiger partial charge in [-0.2, -0.15) is 0 Å². The van der Waals surface area contributed by atoms with Crippen LogP contribution in [-0.4, -0.2) is 0 Å². The summed E-state index contributed by atoms with van der Waals surface area (Å²) in [5.74, 6) is 0. The van der Waals surface area contributed by atoms with Gasteiger partial charge in [-0.05, 0) is 45.9 Å². The number of rotatable bonds is 3. The summed E-state index contributed by atoms with van der Waals surface area (Å²) in [5.41, 5.74) is 6.34. The van der Waals surface area contributed by atoms with Crippen LogP contribution in [0.3, 0.4) is 0 Å². The van der Waals surface area contributed by atoms with Crippen LogP contribution in [0.1, 0.15) is 63.8 Å². The van der Waals surface area contributed by atoms with E-state index >= 15 is 0 Å². The highest BCUT2D eigenvalue weighted by molar-refractivity contribution is 5.36. The number of hydrogen-bond acceptors (Lipinski definition) is 0. The highest BCUT2D eigenvalue weighted by Gasteiger charge is 2.19. The van der Waals surface area contributed by atoms with Crippen molar-refractivity contribution in [2.24, 2.45) is 0 Å². The zero-order chi connectivity index (χ0) is 16.4. The Hall–Kier alpha value is -1.56. The van der Waals surface area contributed by atoms with Gasteiger partial charge in [-0.25, -0.2) is 0 Å². The average molecular weight is 294 g/mol. The highest BCUT2D eigenvalue weighted by Crippen LogP contribution is 2.29. The minimum Gasteiger partial charge on any atom is -0.0620 e. The van der Waals surface area contributed by atoms with Gasteiger partial charge in [0, 0.05) is 0 Å². The predicted octanol–water partition coefficient (Wildman–Crippen LogP) is 6.07. The standard InChI is InChI=1S/C22H30/c1-21(2,3)19-13-9-7-11-17(19)15-16-18-12-8-10-14-20(18)22(4,5)6/h7-14H,15-16H2,1-6H3. The first-order valence-corrected chi connectivity index (χ1v) is 8.36. The van der Waals surface area contributed by atoms with Crippen molar-refractivity contribution >= 4 is 0 Å². The smallest absolute Gasteiger partial charge is 0.0129 e. The van der Waals surface area contributed by atoms with E-state index in [4.69, 9.17) is 0 Å². The summed E-state index contributed by atoms with van der Waals surface area (Å²) in [5, 5.41) is 0. The molecule has 0 N–H and O–H groups in total. The third-order valence-electron chi connectivity index (χ3n) is 4.31. The maximum Gasteiger partial charge on any atom is -0.0129 e. The zero-order valence-electron chi connectivity index (χ0n) is 15.0. The Labute approximate surface area is 136 Å². The van der Waals surface area contributed by atoms with Gasteiger partial charge in [0.2, 0.25) is 0 Å². The zero-order valence-corrected chi connectivity index (χ0v) is 15.0. The fourth-order valence-electron chi connectivity index (χ4n) is 3.21.